The van der Waals surface area contributed by atoms with Gasteiger partial charge in [0.2, 0.25) is 0 Å². The summed E-state index contributed by atoms with van der Waals surface area (Å²) in [5.41, 5.74) is 7.33. The van der Waals surface area contributed by atoms with Gasteiger partial charge in [0.25, 0.3) is 0 Å². The van der Waals surface area contributed by atoms with E-state index >= 15 is 0 Å². The molecule has 1 N–H and O–H groups in total. The minimum Gasteiger partial charge on any atom is -0.314 e. The van der Waals surface area contributed by atoms with Crippen LogP contribution in [0.5, 0.6) is 0 Å². The van der Waals surface area contributed by atoms with E-state index in [1.54, 1.807) is 0 Å². The Bertz CT molecular complexity index is 404. The number of aryl methyl sites for hydroxylation is 1. The highest BCUT2D eigenvalue weighted by atomic mass is 15.2. The predicted octanol–water partition coefficient (Wildman–Crippen LogP) is 2.33. The van der Waals surface area contributed by atoms with Gasteiger partial charge in [0, 0.05) is 32.7 Å². The average molecular weight is 232 g/mol. The average Bonchev–Trinajstić information content (AvgIpc) is 2.35. The zero-order chi connectivity index (χ0) is 12.4. The SMILES string of the molecule is Cc1cc(CN2CCNCC2)c(C)c(C)c1C. The minimum absolute atomic E-state index is 1.11. The van der Waals surface area contributed by atoms with E-state index in [-0.39, 0.29) is 0 Å². The van der Waals surface area contributed by atoms with Crippen LogP contribution in [-0.4, -0.2) is 31.1 Å². The molecule has 17 heavy (non-hydrogen) atoms. The molecule has 0 aliphatic carbocycles. The van der Waals surface area contributed by atoms with Crippen LogP contribution in [0.15, 0.2) is 6.07 Å². The van der Waals surface area contributed by atoms with Crippen LogP contribution in [0.2, 0.25) is 0 Å². The molecule has 0 radical (unpaired) electrons. The van der Waals surface area contributed by atoms with E-state index in [0.29, 0.717) is 0 Å². The van der Waals surface area contributed by atoms with E-state index in [4.69, 9.17) is 0 Å². The Hall–Kier alpha value is -0.860. The van der Waals surface area contributed by atoms with Crippen molar-refractivity contribution in [1.29, 1.82) is 0 Å². The largest absolute Gasteiger partial charge is 0.314 e. The summed E-state index contributed by atoms with van der Waals surface area (Å²) in [4.78, 5) is 2.55. The van der Waals surface area contributed by atoms with Crippen LogP contribution >= 0.6 is 0 Å². The minimum atomic E-state index is 1.11. The van der Waals surface area contributed by atoms with E-state index in [9.17, 15) is 0 Å². The zero-order valence-corrected chi connectivity index (χ0v) is 11.6. The first-order valence-corrected chi connectivity index (χ1v) is 6.59. The molecule has 1 aliphatic heterocycles. The molecule has 2 nitrogen and oxygen atoms in total. The molecule has 0 bridgehead atoms. The first-order chi connectivity index (χ1) is 8.09. The fourth-order valence-corrected chi connectivity index (χ4v) is 2.57. The second-order valence-corrected chi connectivity index (χ2v) is 5.25. The van der Waals surface area contributed by atoms with Crippen LogP contribution < -0.4 is 5.32 Å². The quantitative estimate of drug-likeness (QED) is 0.842. The fraction of sp³-hybridized carbons (Fsp3) is 0.600. The highest BCUT2D eigenvalue weighted by molar-refractivity contribution is 5.43. The standard InChI is InChI=1S/C15H24N2/c1-11-9-15(14(4)13(3)12(11)2)10-17-7-5-16-6-8-17/h9,16H,5-8,10H2,1-4H3. The molecule has 0 aromatic heterocycles. The number of hydrogen-bond acceptors (Lipinski definition) is 2. The third-order valence-corrected chi connectivity index (χ3v) is 4.19. The van der Waals surface area contributed by atoms with Crippen molar-refractivity contribution in [3.05, 3.63) is 33.9 Å². The van der Waals surface area contributed by atoms with Crippen LogP contribution in [0, 0.1) is 27.7 Å². The maximum absolute atomic E-state index is 3.41. The normalized spacial score (nSPS) is 17.4. The van der Waals surface area contributed by atoms with Crippen LogP contribution in [-0.2, 0) is 6.54 Å². The summed E-state index contributed by atoms with van der Waals surface area (Å²) in [6.45, 7) is 14.7. The molecule has 1 fully saturated rings. The van der Waals surface area contributed by atoms with Crippen molar-refractivity contribution in [3.63, 3.8) is 0 Å². The van der Waals surface area contributed by atoms with E-state index in [1.165, 1.54) is 40.9 Å². The van der Waals surface area contributed by atoms with Gasteiger partial charge < -0.3 is 5.32 Å². The van der Waals surface area contributed by atoms with Crippen LogP contribution in [0.4, 0.5) is 0 Å². The number of benzene rings is 1. The second kappa shape index (κ2) is 5.19. The lowest BCUT2D eigenvalue weighted by Gasteiger charge is -2.28. The summed E-state index contributed by atoms with van der Waals surface area (Å²) >= 11 is 0. The number of piperazine rings is 1. The molecular weight excluding hydrogens is 208 g/mol. The number of rotatable bonds is 2. The Morgan fingerprint density at radius 2 is 1.65 bits per heavy atom. The van der Waals surface area contributed by atoms with E-state index in [2.05, 4.69) is 44.0 Å². The van der Waals surface area contributed by atoms with Gasteiger partial charge in [-0.25, -0.2) is 0 Å². The van der Waals surface area contributed by atoms with Gasteiger partial charge in [0.1, 0.15) is 0 Å². The zero-order valence-electron chi connectivity index (χ0n) is 11.6. The molecule has 0 amide bonds. The topological polar surface area (TPSA) is 15.3 Å². The summed E-state index contributed by atoms with van der Waals surface area (Å²) in [6.07, 6.45) is 0. The predicted molar refractivity (Wildman–Crippen MR) is 73.5 cm³/mol. The lowest BCUT2D eigenvalue weighted by molar-refractivity contribution is 0.233. The molecule has 0 saturated carbocycles. The van der Waals surface area contributed by atoms with Gasteiger partial charge in [-0.05, 0) is 55.5 Å². The fourth-order valence-electron chi connectivity index (χ4n) is 2.57. The molecular formula is C15H24N2. The monoisotopic (exact) mass is 232 g/mol. The summed E-state index contributed by atoms with van der Waals surface area (Å²) in [5.74, 6) is 0. The first-order valence-electron chi connectivity index (χ1n) is 6.59. The van der Waals surface area contributed by atoms with Gasteiger partial charge in [-0.3, -0.25) is 4.90 Å². The number of nitrogens with one attached hydrogen (secondary N) is 1. The number of hydrogen-bond donors (Lipinski definition) is 1. The molecule has 2 heteroatoms. The Morgan fingerprint density at radius 3 is 2.29 bits per heavy atom. The lowest BCUT2D eigenvalue weighted by Crippen LogP contribution is -2.43. The van der Waals surface area contributed by atoms with Crippen molar-refractivity contribution < 1.29 is 0 Å². The smallest absolute Gasteiger partial charge is 0.0237 e. The molecule has 0 spiro atoms. The third-order valence-electron chi connectivity index (χ3n) is 4.19. The van der Waals surface area contributed by atoms with Crippen molar-refractivity contribution in [1.82, 2.24) is 10.2 Å². The highest BCUT2D eigenvalue weighted by Crippen LogP contribution is 2.22. The lowest BCUT2D eigenvalue weighted by atomic mass is 9.94. The molecule has 2 rings (SSSR count). The van der Waals surface area contributed by atoms with Crippen LogP contribution in [0.25, 0.3) is 0 Å². The van der Waals surface area contributed by atoms with Gasteiger partial charge in [-0.1, -0.05) is 6.07 Å². The summed E-state index contributed by atoms with van der Waals surface area (Å²) in [7, 11) is 0. The van der Waals surface area contributed by atoms with Crippen molar-refractivity contribution in [3.8, 4) is 0 Å². The third kappa shape index (κ3) is 2.70. The summed E-state index contributed by atoms with van der Waals surface area (Å²) in [6, 6.07) is 2.37. The van der Waals surface area contributed by atoms with E-state index < -0.39 is 0 Å². The first kappa shape index (κ1) is 12.6. The Kier molecular flexibility index (Phi) is 3.85. The molecule has 0 atom stereocenters. The molecule has 0 unspecified atom stereocenters. The van der Waals surface area contributed by atoms with Gasteiger partial charge in [-0.15, -0.1) is 0 Å². The maximum Gasteiger partial charge on any atom is 0.0237 e. The van der Waals surface area contributed by atoms with Crippen molar-refractivity contribution in [2.75, 3.05) is 26.2 Å². The van der Waals surface area contributed by atoms with Gasteiger partial charge in [0.15, 0.2) is 0 Å². The van der Waals surface area contributed by atoms with Crippen molar-refractivity contribution >= 4 is 0 Å². The molecule has 1 saturated heterocycles. The van der Waals surface area contributed by atoms with E-state index in [0.717, 1.165) is 19.6 Å². The van der Waals surface area contributed by atoms with E-state index in [1.807, 2.05) is 0 Å². The van der Waals surface area contributed by atoms with Crippen molar-refractivity contribution in [2.45, 2.75) is 34.2 Å². The highest BCUT2D eigenvalue weighted by Gasteiger charge is 2.13. The van der Waals surface area contributed by atoms with Crippen LogP contribution in [0.3, 0.4) is 0 Å². The molecule has 94 valence electrons. The molecule has 1 aliphatic rings. The molecule has 1 aromatic rings. The Balaban J connectivity index is 2.20. The van der Waals surface area contributed by atoms with Gasteiger partial charge in [-0.2, -0.15) is 0 Å². The summed E-state index contributed by atoms with van der Waals surface area (Å²) in [5, 5.41) is 3.41. The second-order valence-electron chi connectivity index (χ2n) is 5.25. The maximum atomic E-state index is 3.41. The molecule has 1 heterocycles. The van der Waals surface area contributed by atoms with Gasteiger partial charge >= 0.3 is 0 Å². The summed E-state index contributed by atoms with van der Waals surface area (Å²) < 4.78 is 0. The Morgan fingerprint density at radius 1 is 1.00 bits per heavy atom. The number of nitrogens with zero attached hydrogens (tertiary/aromatic N) is 1. The van der Waals surface area contributed by atoms with Gasteiger partial charge in [0.05, 0.1) is 0 Å². The van der Waals surface area contributed by atoms with Crippen LogP contribution in [0.1, 0.15) is 27.8 Å². The van der Waals surface area contributed by atoms with Crippen molar-refractivity contribution in [2.24, 2.45) is 0 Å². The Labute approximate surface area is 105 Å². The molecule has 1 aromatic carbocycles.